The third-order valence-electron chi connectivity index (χ3n) is 4.22. The summed E-state index contributed by atoms with van der Waals surface area (Å²) in [5, 5.41) is 7.69. The highest BCUT2D eigenvalue weighted by atomic mass is 35.5. The summed E-state index contributed by atoms with van der Waals surface area (Å²) in [5.74, 6) is 0.225. The van der Waals surface area contributed by atoms with E-state index < -0.39 is 0 Å². The van der Waals surface area contributed by atoms with Crippen LogP contribution in [0.2, 0.25) is 5.02 Å². The zero-order valence-electron chi connectivity index (χ0n) is 15.6. The predicted octanol–water partition coefficient (Wildman–Crippen LogP) is 4.78. The minimum atomic E-state index is -0.342. The third kappa shape index (κ3) is 4.82. The molecular weight excluding hydrogens is 407 g/mol. The molecule has 1 N–H and O–H groups in total. The van der Waals surface area contributed by atoms with Crippen molar-refractivity contribution in [1.82, 2.24) is 20.1 Å². The Hall–Kier alpha value is -3.71. The van der Waals surface area contributed by atoms with Crippen molar-refractivity contribution in [2.75, 3.05) is 0 Å². The smallest absolute Gasteiger partial charge is 0.254 e. The first-order valence-corrected chi connectivity index (χ1v) is 9.42. The maximum Gasteiger partial charge on any atom is 0.254 e. The van der Waals surface area contributed by atoms with E-state index in [1.807, 2.05) is 12.1 Å². The molecule has 6 nitrogen and oxygen atoms in total. The molecule has 1 amide bonds. The van der Waals surface area contributed by atoms with Gasteiger partial charge in [0.05, 0.1) is 17.4 Å². The minimum absolute atomic E-state index is 0.256. The summed E-state index contributed by atoms with van der Waals surface area (Å²) in [6.07, 6.45) is 4.73. The SMILES string of the molecule is O=C(NCc1ccnc(Oc2ccc(F)cc2)c1)c1cnn(-c2ccc(Cl)cc2)c1. The lowest BCUT2D eigenvalue weighted by Crippen LogP contribution is -2.22. The van der Waals surface area contributed by atoms with Gasteiger partial charge in [-0.05, 0) is 60.2 Å². The number of nitrogens with zero attached hydrogens (tertiary/aromatic N) is 3. The number of halogens is 2. The standard InChI is InChI=1S/C22H16ClFN4O2/c23-17-1-5-19(6-2-17)28-14-16(13-27-28)22(29)26-12-15-9-10-25-21(11-15)30-20-7-3-18(24)4-8-20/h1-11,13-14H,12H2,(H,26,29). The Morgan fingerprint density at radius 1 is 1.10 bits per heavy atom. The molecular formula is C22H16ClFN4O2. The third-order valence-corrected chi connectivity index (χ3v) is 4.48. The Bertz CT molecular complexity index is 1160. The van der Waals surface area contributed by atoms with Crippen molar-refractivity contribution in [3.63, 3.8) is 0 Å². The Balaban J connectivity index is 1.38. The molecule has 150 valence electrons. The molecule has 0 fully saturated rings. The van der Waals surface area contributed by atoms with E-state index in [9.17, 15) is 9.18 Å². The number of hydrogen-bond donors (Lipinski definition) is 1. The normalized spacial score (nSPS) is 10.6. The van der Waals surface area contributed by atoms with Crippen LogP contribution in [0.25, 0.3) is 5.69 Å². The molecule has 0 radical (unpaired) electrons. The van der Waals surface area contributed by atoms with Crippen molar-refractivity contribution in [2.24, 2.45) is 0 Å². The largest absolute Gasteiger partial charge is 0.439 e. The fourth-order valence-electron chi connectivity index (χ4n) is 2.70. The molecule has 4 aromatic rings. The highest BCUT2D eigenvalue weighted by Gasteiger charge is 2.10. The summed E-state index contributed by atoms with van der Waals surface area (Å²) in [5.41, 5.74) is 2.04. The predicted molar refractivity (Wildman–Crippen MR) is 110 cm³/mol. The van der Waals surface area contributed by atoms with Gasteiger partial charge in [0.25, 0.3) is 5.91 Å². The molecule has 2 heterocycles. The number of rotatable bonds is 6. The first kappa shape index (κ1) is 19.6. The molecule has 30 heavy (non-hydrogen) atoms. The molecule has 0 saturated heterocycles. The molecule has 0 atom stereocenters. The van der Waals surface area contributed by atoms with E-state index in [1.165, 1.54) is 30.5 Å². The maximum absolute atomic E-state index is 13.0. The summed E-state index contributed by atoms with van der Waals surface area (Å²) in [7, 11) is 0. The van der Waals surface area contributed by atoms with Crippen LogP contribution >= 0.6 is 11.6 Å². The van der Waals surface area contributed by atoms with Gasteiger partial charge < -0.3 is 10.1 Å². The molecule has 2 aromatic heterocycles. The van der Waals surface area contributed by atoms with Crippen LogP contribution in [-0.2, 0) is 6.54 Å². The van der Waals surface area contributed by atoms with E-state index >= 15 is 0 Å². The number of nitrogens with one attached hydrogen (secondary N) is 1. The van der Waals surface area contributed by atoms with E-state index in [-0.39, 0.29) is 18.3 Å². The molecule has 0 bridgehead atoms. The summed E-state index contributed by atoms with van der Waals surface area (Å²) < 4.78 is 20.2. The van der Waals surface area contributed by atoms with E-state index in [0.29, 0.717) is 22.2 Å². The van der Waals surface area contributed by atoms with Crippen molar-refractivity contribution in [3.05, 3.63) is 101 Å². The zero-order valence-corrected chi connectivity index (χ0v) is 16.4. The van der Waals surface area contributed by atoms with Crippen LogP contribution in [0.3, 0.4) is 0 Å². The molecule has 8 heteroatoms. The van der Waals surface area contributed by atoms with E-state index in [0.717, 1.165) is 11.3 Å². The lowest BCUT2D eigenvalue weighted by Gasteiger charge is -2.07. The number of pyridine rings is 1. The van der Waals surface area contributed by atoms with Gasteiger partial charge in [-0.3, -0.25) is 4.79 Å². The summed E-state index contributed by atoms with van der Waals surface area (Å²) in [6, 6.07) is 16.3. The number of aromatic nitrogens is 3. The van der Waals surface area contributed by atoms with Crippen LogP contribution in [0.1, 0.15) is 15.9 Å². The summed E-state index contributed by atoms with van der Waals surface area (Å²) >= 11 is 5.89. The molecule has 0 saturated carbocycles. The van der Waals surface area contributed by atoms with Crippen LogP contribution < -0.4 is 10.1 Å². The second-order valence-electron chi connectivity index (χ2n) is 6.39. The molecule has 0 aliphatic carbocycles. The minimum Gasteiger partial charge on any atom is -0.439 e. The van der Waals surface area contributed by atoms with Crippen LogP contribution in [0, 0.1) is 5.82 Å². The van der Waals surface area contributed by atoms with Crippen molar-refractivity contribution < 1.29 is 13.9 Å². The molecule has 0 spiro atoms. The molecule has 2 aromatic carbocycles. The van der Waals surface area contributed by atoms with Gasteiger partial charge in [-0.15, -0.1) is 0 Å². The first-order chi connectivity index (χ1) is 14.6. The van der Waals surface area contributed by atoms with Gasteiger partial charge in [0, 0.05) is 30.0 Å². The van der Waals surface area contributed by atoms with E-state index in [4.69, 9.17) is 16.3 Å². The highest BCUT2D eigenvalue weighted by molar-refractivity contribution is 6.30. The van der Waals surface area contributed by atoms with E-state index in [1.54, 1.807) is 41.3 Å². The number of carbonyl (C=O) groups is 1. The Morgan fingerprint density at radius 2 is 1.87 bits per heavy atom. The van der Waals surface area contributed by atoms with Crippen LogP contribution in [0.5, 0.6) is 11.6 Å². The average molecular weight is 423 g/mol. The average Bonchev–Trinajstić information content (AvgIpc) is 3.25. The van der Waals surface area contributed by atoms with Crippen molar-refractivity contribution in [2.45, 2.75) is 6.54 Å². The lowest BCUT2D eigenvalue weighted by molar-refractivity contribution is 0.0951. The fraction of sp³-hybridized carbons (Fsp3) is 0.0455. The molecule has 4 rings (SSSR count). The Kier molecular flexibility index (Phi) is 5.72. The summed E-state index contributed by atoms with van der Waals surface area (Å²) in [6.45, 7) is 0.285. The fourth-order valence-corrected chi connectivity index (χ4v) is 2.83. The second kappa shape index (κ2) is 8.75. The topological polar surface area (TPSA) is 69.0 Å². The first-order valence-electron chi connectivity index (χ1n) is 9.04. The van der Waals surface area contributed by atoms with Gasteiger partial charge in [-0.25, -0.2) is 14.1 Å². The van der Waals surface area contributed by atoms with Gasteiger partial charge >= 0.3 is 0 Å². The lowest BCUT2D eigenvalue weighted by atomic mass is 10.2. The van der Waals surface area contributed by atoms with Gasteiger partial charge in [0.2, 0.25) is 5.88 Å². The van der Waals surface area contributed by atoms with Crippen LogP contribution in [0.15, 0.2) is 79.3 Å². The zero-order chi connectivity index (χ0) is 20.9. The number of amides is 1. The Labute approximate surface area is 176 Å². The quantitative estimate of drug-likeness (QED) is 0.485. The summed E-state index contributed by atoms with van der Waals surface area (Å²) in [4.78, 5) is 16.6. The molecule has 0 unspecified atom stereocenters. The van der Waals surface area contributed by atoms with E-state index in [2.05, 4.69) is 15.4 Å². The second-order valence-corrected chi connectivity index (χ2v) is 6.83. The van der Waals surface area contributed by atoms with Crippen molar-refractivity contribution in [3.8, 4) is 17.3 Å². The van der Waals surface area contributed by atoms with Crippen LogP contribution in [0.4, 0.5) is 4.39 Å². The number of hydrogen-bond acceptors (Lipinski definition) is 4. The van der Waals surface area contributed by atoms with Crippen LogP contribution in [-0.4, -0.2) is 20.7 Å². The number of ether oxygens (including phenoxy) is 1. The highest BCUT2D eigenvalue weighted by Crippen LogP contribution is 2.20. The van der Waals surface area contributed by atoms with Gasteiger partial charge in [-0.1, -0.05) is 11.6 Å². The van der Waals surface area contributed by atoms with Gasteiger partial charge in [0.15, 0.2) is 0 Å². The Morgan fingerprint density at radius 3 is 2.63 bits per heavy atom. The van der Waals surface area contributed by atoms with Gasteiger partial charge in [-0.2, -0.15) is 5.10 Å². The number of carbonyl (C=O) groups excluding carboxylic acids is 1. The maximum atomic E-state index is 13.0. The van der Waals surface area contributed by atoms with Crippen molar-refractivity contribution in [1.29, 1.82) is 0 Å². The molecule has 0 aliphatic rings. The monoisotopic (exact) mass is 422 g/mol. The molecule has 0 aliphatic heterocycles. The number of benzene rings is 2. The van der Waals surface area contributed by atoms with Gasteiger partial charge in [0.1, 0.15) is 11.6 Å². The van der Waals surface area contributed by atoms with Crippen molar-refractivity contribution >= 4 is 17.5 Å².